The molecule has 1 rings (SSSR count). The van der Waals surface area contributed by atoms with Crippen LogP contribution in [0.2, 0.25) is 0 Å². The molecule has 0 fully saturated rings. The summed E-state index contributed by atoms with van der Waals surface area (Å²) < 4.78 is 0. The zero-order valence-corrected chi connectivity index (χ0v) is 11.4. The fourth-order valence-corrected chi connectivity index (χ4v) is 1.39. The number of carboxylic acid groups (broad SMARTS) is 1. The molecule has 0 aliphatic heterocycles. The van der Waals surface area contributed by atoms with Crippen molar-refractivity contribution in [2.75, 3.05) is 0 Å². The third-order valence-corrected chi connectivity index (χ3v) is 2.62. The van der Waals surface area contributed by atoms with Gasteiger partial charge in [-0.2, -0.15) is 0 Å². The van der Waals surface area contributed by atoms with Gasteiger partial charge in [0.05, 0.1) is 0 Å². The summed E-state index contributed by atoms with van der Waals surface area (Å²) >= 11 is 0. The maximum absolute atomic E-state index is 11.7. The summed E-state index contributed by atoms with van der Waals surface area (Å²) in [6.45, 7) is 5.28. The summed E-state index contributed by atoms with van der Waals surface area (Å²) in [5.41, 5.74) is 5.36. The lowest BCUT2D eigenvalue weighted by molar-refractivity contribution is -0.140. The van der Waals surface area contributed by atoms with E-state index >= 15 is 0 Å². The van der Waals surface area contributed by atoms with Crippen molar-refractivity contribution in [3.05, 3.63) is 35.9 Å². The molecule has 0 bridgehead atoms. The first kappa shape index (κ1) is 15.2. The predicted octanol–water partition coefficient (Wildman–Crippen LogP) is 1.35. The molecule has 5 nitrogen and oxygen atoms in total. The number of carboxylic acids is 1. The average Bonchev–Trinajstić information content (AvgIpc) is 2.33. The molecule has 1 amide bonds. The Morgan fingerprint density at radius 3 is 2.26 bits per heavy atom. The number of amides is 1. The molecule has 0 saturated carbocycles. The van der Waals surface area contributed by atoms with Crippen molar-refractivity contribution < 1.29 is 14.7 Å². The minimum atomic E-state index is -1.00. The molecule has 0 saturated heterocycles. The Kier molecular flexibility index (Phi) is 5.06. The molecule has 3 N–H and O–H groups in total. The van der Waals surface area contributed by atoms with Gasteiger partial charge in [0.2, 0.25) is 5.91 Å². The number of hydrazine groups is 1. The number of rotatable bonds is 5. The quantitative estimate of drug-likeness (QED) is 0.701. The Balaban J connectivity index is 2.60. The molecule has 0 aliphatic rings. The molecule has 0 unspecified atom stereocenters. The van der Waals surface area contributed by atoms with Crippen LogP contribution in [0.5, 0.6) is 0 Å². The van der Waals surface area contributed by atoms with Gasteiger partial charge < -0.3 is 5.11 Å². The second kappa shape index (κ2) is 6.33. The number of carbonyl (C=O) groups excluding carboxylic acids is 1. The summed E-state index contributed by atoms with van der Waals surface area (Å²) in [5, 5.41) is 9.14. The van der Waals surface area contributed by atoms with Gasteiger partial charge in [-0.3, -0.25) is 15.0 Å². The standard InChI is InChI=1S/C14H20N2O3/c1-14(2,3)13(19)16-15-11(12(17)18)9-10-7-5-4-6-8-10/h4-8,11,15H,9H2,1-3H3,(H,16,19)(H,17,18)/t11-/m1/s1. The van der Waals surface area contributed by atoms with Crippen molar-refractivity contribution >= 4 is 11.9 Å². The first-order chi connectivity index (χ1) is 8.80. The average molecular weight is 264 g/mol. The summed E-state index contributed by atoms with van der Waals surface area (Å²) in [6, 6.07) is 8.42. The second-order valence-corrected chi connectivity index (χ2v) is 5.43. The number of nitrogens with one attached hydrogen (secondary N) is 2. The number of hydrogen-bond donors (Lipinski definition) is 3. The highest BCUT2D eigenvalue weighted by atomic mass is 16.4. The van der Waals surface area contributed by atoms with Gasteiger partial charge in [-0.25, -0.2) is 5.43 Å². The van der Waals surface area contributed by atoms with E-state index in [1.807, 2.05) is 30.3 Å². The zero-order chi connectivity index (χ0) is 14.5. The Morgan fingerprint density at radius 2 is 1.79 bits per heavy atom. The zero-order valence-electron chi connectivity index (χ0n) is 11.4. The molecule has 0 radical (unpaired) electrons. The van der Waals surface area contributed by atoms with E-state index in [1.165, 1.54) is 0 Å². The maximum atomic E-state index is 11.7. The van der Waals surface area contributed by atoms with Crippen LogP contribution in [0.1, 0.15) is 26.3 Å². The molecule has 1 atom stereocenters. The van der Waals surface area contributed by atoms with E-state index in [2.05, 4.69) is 10.9 Å². The van der Waals surface area contributed by atoms with Gasteiger partial charge in [-0.1, -0.05) is 51.1 Å². The van der Waals surface area contributed by atoms with E-state index in [-0.39, 0.29) is 5.91 Å². The van der Waals surface area contributed by atoms with E-state index in [0.717, 1.165) is 5.56 Å². The lowest BCUT2D eigenvalue weighted by atomic mass is 9.96. The number of carbonyl (C=O) groups is 2. The monoisotopic (exact) mass is 264 g/mol. The van der Waals surface area contributed by atoms with E-state index in [0.29, 0.717) is 6.42 Å². The van der Waals surface area contributed by atoms with Gasteiger partial charge in [-0.05, 0) is 5.56 Å². The highest BCUT2D eigenvalue weighted by Gasteiger charge is 2.24. The van der Waals surface area contributed by atoms with Crippen LogP contribution in [0.15, 0.2) is 30.3 Å². The summed E-state index contributed by atoms with van der Waals surface area (Å²) in [7, 11) is 0. The first-order valence-corrected chi connectivity index (χ1v) is 6.13. The maximum Gasteiger partial charge on any atom is 0.322 e. The normalized spacial score (nSPS) is 12.8. The smallest absolute Gasteiger partial charge is 0.322 e. The molecule has 1 aromatic carbocycles. The van der Waals surface area contributed by atoms with Crippen LogP contribution in [0, 0.1) is 5.41 Å². The molecule has 0 heterocycles. The minimum Gasteiger partial charge on any atom is -0.480 e. The largest absolute Gasteiger partial charge is 0.480 e. The molecule has 0 aromatic heterocycles. The second-order valence-electron chi connectivity index (χ2n) is 5.43. The molecular formula is C14H20N2O3. The molecule has 19 heavy (non-hydrogen) atoms. The van der Waals surface area contributed by atoms with Gasteiger partial charge in [0, 0.05) is 11.8 Å². The van der Waals surface area contributed by atoms with Crippen molar-refractivity contribution in [1.82, 2.24) is 10.9 Å². The van der Waals surface area contributed by atoms with Crippen LogP contribution in [-0.4, -0.2) is 23.0 Å². The molecule has 0 spiro atoms. The Labute approximate surface area is 113 Å². The topological polar surface area (TPSA) is 78.4 Å². The highest BCUT2D eigenvalue weighted by Crippen LogP contribution is 2.12. The fourth-order valence-electron chi connectivity index (χ4n) is 1.39. The van der Waals surface area contributed by atoms with Gasteiger partial charge in [0.15, 0.2) is 0 Å². The van der Waals surface area contributed by atoms with Crippen molar-refractivity contribution in [2.24, 2.45) is 5.41 Å². The molecular weight excluding hydrogens is 244 g/mol. The van der Waals surface area contributed by atoms with E-state index in [1.54, 1.807) is 20.8 Å². The van der Waals surface area contributed by atoms with Crippen LogP contribution in [-0.2, 0) is 16.0 Å². The van der Waals surface area contributed by atoms with Gasteiger partial charge in [0.25, 0.3) is 0 Å². The van der Waals surface area contributed by atoms with Crippen LogP contribution >= 0.6 is 0 Å². The first-order valence-electron chi connectivity index (χ1n) is 6.13. The highest BCUT2D eigenvalue weighted by molar-refractivity contribution is 5.81. The summed E-state index contributed by atoms with van der Waals surface area (Å²) in [4.78, 5) is 22.8. The van der Waals surface area contributed by atoms with E-state index in [9.17, 15) is 9.59 Å². The molecule has 5 heteroatoms. The SMILES string of the molecule is CC(C)(C)C(=O)NN[C@H](Cc1ccccc1)C(=O)O. The van der Waals surface area contributed by atoms with E-state index in [4.69, 9.17) is 5.11 Å². The van der Waals surface area contributed by atoms with Gasteiger partial charge in [0.1, 0.15) is 6.04 Å². The summed E-state index contributed by atoms with van der Waals surface area (Å²) in [6.07, 6.45) is 0.306. The fraction of sp³-hybridized carbons (Fsp3) is 0.429. The summed E-state index contributed by atoms with van der Waals surface area (Å²) in [5.74, 6) is -1.25. The number of aliphatic carboxylic acids is 1. The molecule has 1 aromatic rings. The van der Waals surface area contributed by atoms with Crippen molar-refractivity contribution in [3.63, 3.8) is 0 Å². The Bertz CT molecular complexity index is 438. The molecule has 0 aliphatic carbocycles. The number of hydrogen-bond acceptors (Lipinski definition) is 3. The van der Waals surface area contributed by atoms with E-state index < -0.39 is 17.4 Å². The lowest BCUT2D eigenvalue weighted by Gasteiger charge is -2.21. The predicted molar refractivity (Wildman–Crippen MR) is 72.3 cm³/mol. The molecule has 104 valence electrons. The minimum absolute atomic E-state index is 0.244. The Hall–Kier alpha value is -1.88. The number of benzene rings is 1. The van der Waals surface area contributed by atoms with Crippen LogP contribution in [0.3, 0.4) is 0 Å². The van der Waals surface area contributed by atoms with Crippen LogP contribution < -0.4 is 10.9 Å². The van der Waals surface area contributed by atoms with Gasteiger partial charge >= 0.3 is 5.97 Å². The van der Waals surface area contributed by atoms with Gasteiger partial charge in [-0.15, -0.1) is 0 Å². The van der Waals surface area contributed by atoms with Crippen LogP contribution in [0.25, 0.3) is 0 Å². The third kappa shape index (κ3) is 5.09. The van der Waals surface area contributed by atoms with Crippen molar-refractivity contribution in [1.29, 1.82) is 0 Å². The van der Waals surface area contributed by atoms with Crippen molar-refractivity contribution in [3.8, 4) is 0 Å². The van der Waals surface area contributed by atoms with Crippen LogP contribution in [0.4, 0.5) is 0 Å². The van der Waals surface area contributed by atoms with Crippen molar-refractivity contribution in [2.45, 2.75) is 33.2 Å². The third-order valence-electron chi connectivity index (χ3n) is 2.62. The Morgan fingerprint density at radius 1 is 1.21 bits per heavy atom. The lowest BCUT2D eigenvalue weighted by Crippen LogP contribution is -2.52.